The molecule has 3 aliphatic carbocycles. The first-order valence-corrected chi connectivity index (χ1v) is 14.9. The van der Waals surface area contributed by atoms with E-state index in [9.17, 15) is 9.59 Å². The normalized spacial score (nSPS) is 26.9. The number of nitrogens with zero attached hydrogens (tertiary/aromatic N) is 2. The van der Waals surface area contributed by atoms with Crippen molar-refractivity contribution < 1.29 is 18.9 Å². The minimum Gasteiger partial charge on any atom is -0.404 e. The molecule has 1 aliphatic heterocycles. The van der Waals surface area contributed by atoms with Crippen LogP contribution in [0.5, 0.6) is 0 Å². The van der Waals surface area contributed by atoms with Gasteiger partial charge in [-0.05, 0) is 61.5 Å². The molecule has 2 amide bonds. The highest BCUT2D eigenvalue weighted by atomic mass is 16.7. The van der Waals surface area contributed by atoms with Gasteiger partial charge in [0.2, 0.25) is 5.91 Å². The van der Waals surface area contributed by atoms with E-state index in [0.717, 1.165) is 24.0 Å². The van der Waals surface area contributed by atoms with Crippen molar-refractivity contribution in [3.63, 3.8) is 0 Å². The Kier molecular flexibility index (Phi) is 7.66. The third-order valence-corrected chi connectivity index (χ3v) is 9.90. The molecule has 1 saturated heterocycles. The number of carbonyl (C=O) groups excluding carboxylic acids is 2. The largest absolute Gasteiger partial charge is 0.482 e. The summed E-state index contributed by atoms with van der Waals surface area (Å²) in [4.78, 5) is 35.2. The Hall–Kier alpha value is -3.56. The van der Waals surface area contributed by atoms with Gasteiger partial charge in [-0.1, -0.05) is 74.0 Å². The number of amides is 2. The first kappa shape index (κ1) is 28.6. The summed E-state index contributed by atoms with van der Waals surface area (Å²) in [5.41, 5.74) is 3.14. The van der Waals surface area contributed by atoms with Crippen LogP contribution in [0.1, 0.15) is 60.8 Å². The van der Waals surface area contributed by atoms with Crippen LogP contribution in [-0.2, 0) is 26.9 Å². The Morgan fingerprint density at radius 3 is 2.40 bits per heavy atom. The lowest BCUT2D eigenvalue weighted by atomic mass is 9.43. The van der Waals surface area contributed by atoms with Crippen LogP contribution in [0, 0.1) is 24.2 Å². The molecule has 0 unspecified atom stereocenters. The number of rotatable bonds is 9. The van der Waals surface area contributed by atoms with Gasteiger partial charge in [0.05, 0.1) is 23.8 Å². The molecule has 2 bridgehead atoms. The Balaban J connectivity index is 1.25. The summed E-state index contributed by atoms with van der Waals surface area (Å²) in [5.74, 6) is -0.172. The van der Waals surface area contributed by atoms with Gasteiger partial charge < -0.3 is 19.9 Å². The molecule has 9 heteroatoms. The number of nitrogens with one attached hydrogen (secondary N) is 2. The number of hydrogen-bond donors (Lipinski definition) is 2. The molecule has 3 aromatic rings. The number of carbonyl (C=O) groups is 2. The average molecular weight is 567 g/mol. The fourth-order valence-corrected chi connectivity index (χ4v) is 7.26. The first-order chi connectivity index (χ1) is 20.1. The molecule has 42 heavy (non-hydrogen) atoms. The standard InChI is InChI=1S/C33H39BN4O4/c1-21-10-12-23(13-11-21)17-29(34-41-28-19-24-18-27(32(24,2)3)33(28,4)42-34)38-30(39)25(16-22-8-6-5-7-9-22)37-31(40)26-20-35-14-15-36-26/h5-15,20,24-25,27-29H,16-19H2,1-4H3,(H,37,40)(H,38,39)/t24-,25-,27-,28+,29-,33-/m0/s1. The lowest BCUT2D eigenvalue weighted by molar-refractivity contribution is -0.199. The van der Waals surface area contributed by atoms with Crippen molar-refractivity contribution in [2.45, 2.75) is 77.1 Å². The molecule has 2 heterocycles. The minimum atomic E-state index is -0.839. The average Bonchev–Trinajstić information content (AvgIpc) is 3.35. The molecule has 7 rings (SSSR count). The Labute approximate surface area is 248 Å². The molecule has 3 saturated carbocycles. The zero-order chi connectivity index (χ0) is 29.5. The summed E-state index contributed by atoms with van der Waals surface area (Å²) in [6, 6.07) is 17.1. The number of aromatic nitrogens is 2. The fourth-order valence-electron chi connectivity index (χ4n) is 7.26. The Morgan fingerprint density at radius 1 is 0.976 bits per heavy atom. The second-order valence-electron chi connectivity index (χ2n) is 12.9. The van der Waals surface area contributed by atoms with E-state index < -0.39 is 30.6 Å². The highest BCUT2D eigenvalue weighted by molar-refractivity contribution is 6.48. The van der Waals surface area contributed by atoms with E-state index in [-0.39, 0.29) is 23.1 Å². The maximum absolute atomic E-state index is 14.0. The Morgan fingerprint density at radius 2 is 1.71 bits per heavy atom. The molecular formula is C33H39BN4O4. The zero-order valence-corrected chi connectivity index (χ0v) is 24.7. The van der Waals surface area contributed by atoms with Crippen LogP contribution in [0.2, 0.25) is 0 Å². The zero-order valence-electron chi connectivity index (χ0n) is 24.7. The van der Waals surface area contributed by atoms with Crippen molar-refractivity contribution in [2.24, 2.45) is 17.3 Å². The SMILES string of the molecule is Cc1ccc(C[C@H](NC(=O)[C@H](Cc2ccccc2)NC(=O)c2cnccn2)B2O[C@@H]3C[C@@H]4C[C@@H](C4(C)C)[C@]3(C)O2)cc1. The molecule has 2 N–H and O–H groups in total. The number of hydrogen-bond acceptors (Lipinski definition) is 6. The van der Waals surface area contributed by atoms with Gasteiger partial charge >= 0.3 is 7.12 Å². The minimum absolute atomic E-state index is 0.00633. The van der Waals surface area contributed by atoms with Crippen molar-refractivity contribution in [2.75, 3.05) is 0 Å². The van der Waals surface area contributed by atoms with Crippen molar-refractivity contribution >= 4 is 18.9 Å². The molecule has 6 atom stereocenters. The van der Waals surface area contributed by atoms with Gasteiger partial charge in [-0.25, -0.2) is 4.98 Å². The van der Waals surface area contributed by atoms with E-state index >= 15 is 0 Å². The van der Waals surface area contributed by atoms with Crippen LogP contribution >= 0.6 is 0 Å². The second kappa shape index (κ2) is 11.3. The monoisotopic (exact) mass is 566 g/mol. The van der Waals surface area contributed by atoms with Gasteiger partial charge in [0.1, 0.15) is 11.7 Å². The van der Waals surface area contributed by atoms with Crippen LogP contribution in [-0.4, -0.2) is 52.6 Å². The molecule has 0 spiro atoms. The van der Waals surface area contributed by atoms with Gasteiger partial charge in [0.15, 0.2) is 0 Å². The predicted octanol–water partition coefficient (Wildman–Crippen LogP) is 4.12. The second-order valence-corrected chi connectivity index (χ2v) is 12.9. The van der Waals surface area contributed by atoms with Crippen molar-refractivity contribution in [1.29, 1.82) is 0 Å². The summed E-state index contributed by atoms with van der Waals surface area (Å²) in [6.07, 6.45) is 7.32. The highest BCUT2D eigenvalue weighted by Crippen LogP contribution is 2.65. The van der Waals surface area contributed by atoms with Gasteiger partial charge in [0.25, 0.3) is 5.91 Å². The number of benzene rings is 2. The molecular weight excluding hydrogens is 527 g/mol. The van der Waals surface area contributed by atoms with Gasteiger partial charge in [-0.15, -0.1) is 0 Å². The third-order valence-electron chi connectivity index (χ3n) is 9.90. The number of aryl methyl sites for hydroxylation is 1. The predicted molar refractivity (Wildman–Crippen MR) is 160 cm³/mol. The van der Waals surface area contributed by atoms with Gasteiger partial charge in [0, 0.05) is 18.8 Å². The lowest BCUT2D eigenvalue weighted by Gasteiger charge is -2.64. The molecule has 8 nitrogen and oxygen atoms in total. The van der Waals surface area contributed by atoms with E-state index in [1.165, 1.54) is 24.2 Å². The van der Waals surface area contributed by atoms with Gasteiger partial charge in [-0.3, -0.25) is 14.6 Å². The van der Waals surface area contributed by atoms with E-state index in [2.05, 4.69) is 72.6 Å². The molecule has 4 fully saturated rings. The van der Waals surface area contributed by atoms with E-state index in [1.807, 2.05) is 30.3 Å². The summed E-state index contributed by atoms with van der Waals surface area (Å²) in [7, 11) is -0.603. The van der Waals surface area contributed by atoms with E-state index in [1.54, 1.807) is 0 Å². The topological polar surface area (TPSA) is 102 Å². The maximum atomic E-state index is 14.0. The molecule has 4 aliphatic rings. The van der Waals surface area contributed by atoms with Gasteiger partial charge in [-0.2, -0.15) is 0 Å². The fraction of sp³-hybridized carbons (Fsp3) is 0.455. The van der Waals surface area contributed by atoms with E-state index in [4.69, 9.17) is 9.31 Å². The highest BCUT2D eigenvalue weighted by Gasteiger charge is 2.68. The van der Waals surface area contributed by atoms with Crippen LogP contribution in [0.15, 0.2) is 73.2 Å². The summed E-state index contributed by atoms with van der Waals surface area (Å²) >= 11 is 0. The molecule has 218 valence electrons. The molecule has 0 radical (unpaired) electrons. The summed E-state index contributed by atoms with van der Waals surface area (Å²) < 4.78 is 13.4. The van der Waals surface area contributed by atoms with Crippen LogP contribution in [0.4, 0.5) is 0 Å². The van der Waals surface area contributed by atoms with Crippen LogP contribution in [0.3, 0.4) is 0 Å². The molecule has 1 aromatic heterocycles. The smallest absolute Gasteiger partial charge is 0.404 e. The molecule has 2 aromatic carbocycles. The lowest BCUT2D eigenvalue weighted by Crippen LogP contribution is -2.65. The maximum Gasteiger partial charge on any atom is 0.482 e. The van der Waals surface area contributed by atoms with Crippen LogP contribution < -0.4 is 10.6 Å². The quantitative estimate of drug-likeness (QED) is 0.378. The summed E-state index contributed by atoms with van der Waals surface area (Å²) in [5, 5.41) is 6.13. The van der Waals surface area contributed by atoms with Crippen molar-refractivity contribution in [3.05, 3.63) is 95.6 Å². The third kappa shape index (κ3) is 5.48. The first-order valence-electron chi connectivity index (χ1n) is 14.9. The summed E-state index contributed by atoms with van der Waals surface area (Å²) in [6.45, 7) is 8.91. The van der Waals surface area contributed by atoms with E-state index in [0.29, 0.717) is 24.7 Å². The Bertz CT molecular complexity index is 1420. The van der Waals surface area contributed by atoms with Crippen LogP contribution in [0.25, 0.3) is 0 Å². The van der Waals surface area contributed by atoms with Crippen molar-refractivity contribution in [3.8, 4) is 0 Å². The van der Waals surface area contributed by atoms with Crippen molar-refractivity contribution in [1.82, 2.24) is 20.6 Å².